The van der Waals surface area contributed by atoms with E-state index in [0.717, 1.165) is 11.3 Å². The van der Waals surface area contributed by atoms with E-state index in [-0.39, 0.29) is 23.9 Å². The molecule has 0 aliphatic carbocycles. The highest BCUT2D eigenvalue weighted by Gasteiger charge is 2.37. The van der Waals surface area contributed by atoms with Gasteiger partial charge in [-0.25, -0.2) is 0 Å². The van der Waals surface area contributed by atoms with Crippen molar-refractivity contribution in [3.05, 3.63) is 29.8 Å². The van der Waals surface area contributed by atoms with Gasteiger partial charge < -0.3 is 20.7 Å². The topological polar surface area (TPSA) is 84.7 Å². The predicted molar refractivity (Wildman–Crippen MR) is 92.7 cm³/mol. The molecule has 1 aromatic carbocycles. The zero-order valence-electron chi connectivity index (χ0n) is 14.6. The molecule has 2 rings (SSSR count). The fourth-order valence-corrected chi connectivity index (χ4v) is 3.07. The molecule has 132 valence electrons. The van der Waals surface area contributed by atoms with Crippen molar-refractivity contribution in [3.8, 4) is 5.75 Å². The minimum atomic E-state index is -0.465. The summed E-state index contributed by atoms with van der Waals surface area (Å²) in [6, 6.07) is 7.08. The van der Waals surface area contributed by atoms with E-state index in [9.17, 15) is 9.59 Å². The van der Waals surface area contributed by atoms with Crippen LogP contribution >= 0.6 is 0 Å². The zero-order chi connectivity index (χ0) is 17.7. The minimum Gasteiger partial charge on any atom is -0.496 e. The zero-order valence-corrected chi connectivity index (χ0v) is 14.6. The normalized spacial score (nSPS) is 20.3. The number of rotatable bonds is 6. The van der Waals surface area contributed by atoms with Gasteiger partial charge in [-0.05, 0) is 38.3 Å². The number of hydrogen-bond donors (Lipinski definition) is 2. The van der Waals surface area contributed by atoms with Gasteiger partial charge in [-0.2, -0.15) is 0 Å². The van der Waals surface area contributed by atoms with Crippen LogP contribution in [0.2, 0.25) is 0 Å². The van der Waals surface area contributed by atoms with Gasteiger partial charge in [0.1, 0.15) is 11.8 Å². The third-order valence-electron chi connectivity index (χ3n) is 4.19. The van der Waals surface area contributed by atoms with Gasteiger partial charge in [0.2, 0.25) is 11.8 Å². The molecule has 2 atom stereocenters. The molecule has 0 unspecified atom stereocenters. The molecule has 24 heavy (non-hydrogen) atoms. The standard InChI is InChI=1S/C18H27N3O3/c1-12(2)20-18(23)15-10-14(19)11-21(15)17(22)9-8-13-6-4-5-7-16(13)24-3/h4-7,12,14-15H,8-11,19H2,1-3H3,(H,20,23)/t14-,15-/m0/s1. The molecule has 0 aromatic heterocycles. The summed E-state index contributed by atoms with van der Waals surface area (Å²) >= 11 is 0. The van der Waals surface area contributed by atoms with Crippen molar-refractivity contribution in [2.45, 2.75) is 51.2 Å². The summed E-state index contributed by atoms with van der Waals surface area (Å²) < 4.78 is 5.31. The fourth-order valence-electron chi connectivity index (χ4n) is 3.07. The SMILES string of the molecule is COc1ccccc1CCC(=O)N1C[C@@H](N)C[C@H]1C(=O)NC(C)C. The Hall–Kier alpha value is -2.08. The van der Waals surface area contributed by atoms with Crippen molar-refractivity contribution in [1.82, 2.24) is 10.2 Å². The number of ether oxygens (including phenoxy) is 1. The Bertz CT molecular complexity index is 589. The highest BCUT2D eigenvalue weighted by molar-refractivity contribution is 5.88. The van der Waals surface area contributed by atoms with E-state index < -0.39 is 6.04 Å². The van der Waals surface area contributed by atoms with Gasteiger partial charge in [0.25, 0.3) is 0 Å². The van der Waals surface area contributed by atoms with E-state index >= 15 is 0 Å². The van der Waals surface area contributed by atoms with Crippen LogP contribution in [0.1, 0.15) is 32.3 Å². The molecule has 6 nitrogen and oxygen atoms in total. The van der Waals surface area contributed by atoms with Crippen LogP contribution in [0.15, 0.2) is 24.3 Å². The Morgan fingerprint density at radius 3 is 2.75 bits per heavy atom. The number of nitrogens with two attached hydrogens (primary N) is 1. The number of nitrogens with zero attached hydrogens (tertiary/aromatic N) is 1. The summed E-state index contributed by atoms with van der Waals surface area (Å²) in [4.78, 5) is 26.5. The van der Waals surface area contributed by atoms with Crippen molar-refractivity contribution < 1.29 is 14.3 Å². The second kappa shape index (κ2) is 8.15. The Morgan fingerprint density at radius 2 is 2.08 bits per heavy atom. The maximum Gasteiger partial charge on any atom is 0.243 e. The van der Waals surface area contributed by atoms with Crippen molar-refractivity contribution in [2.24, 2.45) is 5.73 Å². The molecule has 1 aliphatic rings. The number of carbonyl (C=O) groups excluding carboxylic acids is 2. The summed E-state index contributed by atoms with van der Waals surface area (Å²) in [5, 5.41) is 2.87. The smallest absolute Gasteiger partial charge is 0.243 e. The average Bonchev–Trinajstić information content (AvgIpc) is 2.94. The monoisotopic (exact) mass is 333 g/mol. The molecular weight excluding hydrogens is 306 g/mol. The number of hydrogen-bond acceptors (Lipinski definition) is 4. The number of para-hydroxylation sites is 1. The molecule has 1 heterocycles. The highest BCUT2D eigenvalue weighted by Crippen LogP contribution is 2.22. The van der Waals surface area contributed by atoms with Crippen molar-refractivity contribution >= 4 is 11.8 Å². The molecular formula is C18H27N3O3. The quantitative estimate of drug-likeness (QED) is 0.816. The average molecular weight is 333 g/mol. The van der Waals surface area contributed by atoms with Crippen LogP contribution in [0.4, 0.5) is 0 Å². The third kappa shape index (κ3) is 4.47. The first kappa shape index (κ1) is 18.3. The van der Waals surface area contributed by atoms with Gasteiger partial charge in [0, 0.05) is 25.0 Å². The van der Waals surface area contributed by atoms with E-state index in [1.807, 2.05) is 38.1 Å². The van der Waals surface area contributed by atoms with Crippen molar-refractivity contribution in [2.75, 3.05) is 13.7 Å². The summed E-state index contributed by atoms with van der Waals surface area (Å²) in [7, 11) is 1.62. The van der Waals surface area contributed by atoms with Crippen LogP contribution < -0.4 is 15.8 Å². The molecule has 6 heteroatoms. The highest BCUT2D eigenvalue weighted by atomic mass is 16.5. The van der Waals surface area contributed by atoms with Gasteiger partial charge in [-0.3, -0.25) is 9.59 Å². The molecule has 0 saturated carbocycles. The Kier molecular flexibility index (Phi) is 6.20. The molecule has 3 N–H and O–H groups in total. The maximum absolute atomic E-state index is 12.6. The van der Waals surface area contributed by atoms with Gasteiger partial charge in [-0.1, -0.05) is 18.2 Å². The van der Waals surface area contributed by atoms with Crippen LogP contribution in [0.5, 0.6) is 5.75 Å². The van der Waals surface area contributed by atoms with E-state index in [4.69, 9.17) is 10.5 Å². The fraction of sp³-hybridized carbons (Fsp3) is 0.556. The molecule has 0 spiro atoms. The lowest BCUT2D eigenvalue weighted by molar-refractivity contribution is -0.138. The van der Waals surface area contributed by atoms with Crippen LogP contribution in [-0.4, -0.2) is 48.5 Å². The molecule has 1 aliphatic heterocycles. The van der Waals surface area contributed by atoms with Crippen molar-refractivity contribution in [3.63, 3.8) is 0 Å². The van der Waals surface area contributed by atoms with Gasteiger partial charge in [0.15, 0.2) is 0 Å². The number of benzene rings is 1. The summed E-state index contributed by atoms with van der Waals surface area (Å²) in [6.45, 7) is 4.24. The largest absolute Gasteiger partial charge is 0.496 e. The lowest BCUT2D eigenvalue weighted by atomic mass is 10.1. The van der Waals surface area contributed by atoms with E-state index in [0.29, 0.717) is 25.8 Å². The lowest BCUT2D eigenvalue weighted by Gasteiger charge is -2.25. The molecule has 0 radical (unpaired) electrons. The number of amides is 2. The van der Waals surface area contributed by atoms with Crippen LogP contribution in [0, 0.1) is 0 Å². The number of likely N-dealkylation sites (tertiary alicyclic amines) is 1. The van der Waals surface area contributed by atoms with E-state index in [1.165, 1.54) is 0 Å². The Balaban J connectivity index is 2.00. The summed E-state index contributed by atoms with van der Waals surface area (Å²) in [6.07, 6.45) is 1.42. The van der Waals surface area contributed by atoms with E-state index in [1.54, 1.807) is 12.0 Å². The molecule has 1 aromatic rings. The summed E-state index contributed by atoms with van der Waals surface area (Å²) in [5.41, 5.74) is 6.97. The maximum atomic E-state index is 12.6. The number of aryl methyl sites for hydroxylation is 1. The molecule has 0 bridgehead atoms. The third-order valence-corrected chi connectivity index (χ3v) is 4.19. The number of nitrogens with one attached hydrogen (secondary N) is 1. The molecule has 2 amide bonds. The first-order valence-corrected chi connectivity index (χ1v) is 8.39. The minimum absolute atomic E-state index is 0.0415. The summed E-state index contributed by atoms with van der Waals surface area (Å²) in [5.74, 6) is 0.610. The van der Waals surface area contributed by atoms with E-state index in [2.05, 4.69) is 5.32 Å². The van der Waals surface area contributed by atoms with Gasteiger partial charge in [-0.15, -0.1) is 0 Å². The molecule has 1 fully saturated rings. The van der Waals surface area contributed by atoms with Gasteiger partial charge >= 0.3 is 0 Å². The second-order valence-electron chi connectivity index (χ2n) is 6.53. The molecule has 1 saturated heterocycles. The Labute approximate surface area is 143 Å². The Morgan fingerprint density at radius 1 is 1.38 bits per heavy atom. The first-order valence-electron chi connectivity index (χ1n) is 8.39. The number of methoxy groups -OCH3 is 1. The van der Waals surface area contributed by atoms with Crippen LogP contribution in [-0.2, 0) is 16.0 Å². The van der Waals surface area contributed by atoms with Crippen LogP contribution in [0.3, 0.4) is 0 Å². The van der Waals surface area contributed by atoms with Gasteiger partial charge in [0.05, 0.1) is 7.11 Å². The van der Waals surface area contributed by atoms with Crippen molar-refractivity contribution in [1.29, 1.82) is 0 Å². The predicted octanol–water partition coefficient (Wildman–Crippen LogP) is 1.08. The first-order chi connectivity index (χ1) is 11.4. The van der Waals surface area contributed by atoms with Crippen LogP contribution in [0.25, 0.3) is 0 Å². The number of carbonyl (C=O) groups is 2. The lowest BCUT2D eigenvalue weighted by Crippen LogP contribution is -2.47. The second-order valence-corrected chi connectivity index (χ2v) is 6.53.